The SMILES string of the molecule is Clc1ncnc2c1C=IO2. The molecular weight excluding hydrogens is 266 g/mol. The van der Waals surface area contributed by atoms with Crippen LogP contribution in [0.15, 0.2) is 6.33 Å². The zero-order chi connectivity index (χ0) is 6.97. The standard InChI is InChI=1S/C5H2ClIN2O/c6-4-3-1-7-10-5(3)9-2-8-4/h1-2H. The highest BCUT2D eigenvalue weighted by atomic mass is 127. The molecule has 2 heterocycles. The molecule has 0 amide bonds. The van der Waals surface area contributed by atoms with E-state index in [4.69, 9.17) is 14.7 Å². The molecule has 0 atom stereocenters. The molecule has 0 radical (unpaired) electrons. The molecule has 0 saturated heterocycles. The van der Waals surface area contributed by atoms with Crippen molar-refractivity contribution in [3.8, 4) is 5.88 Å². The first-order chi connectivity index (χ1) is 4.88. The van der Waals surface area contributed by atoms with Crippen molar-refractivity contribution >= 4 is 36.8 Å². The molecule has 0 aromatic carbocycles. The number of nitrogens with zero attached hydrogens (tertiary/aromatic N) is 2. The minimum Gasteiger partial charge on any atom is -0.416 e. The Balaban J connectivity index is 2.67. The van der Waals surface area contributed by atoms with Crippen LogP contribution in [0.5, 0.6) is 5.88 Å². The highest BCUT2D eigenvalue weighted by molar-refractivity contribution is 14.2. The average Bonchev–Trinajstić information content (AvgIpc) is 2.36. The van der Waals surface area contributed by atoms with Crippen molar-refractivity contribution < 1.29 is 3.07 Å². The Bertz CT molecular complexity index is 302. The lowest BCUT2D eigenvalue weighted by molar-refractivity contribution is 0.678. The molecule has 0 bridgehead atoms. The molecule has 0 N–H and O–H groups in total. The molecule has 0 spiro atoms. The fourth-order valence-corrected chi connectivity index (χ4v) is 2.52. The number of halogens is 2. The van der Waals surface area contributed by atoms with Gasteiger partial charge in [-0.15, -0.1) is 0 Å². The van der Waals surface area contributed by atoms with Crippen LogP contribution in [0, 0.1) is 0 Å². The quantitative estimate of drug-likeness (QED) is 0.529. The van der Waals surface area contributed by atoms with Gasteiger partial charge in [0.05, 0.1) is 5.56 Å². The van der Waals surface area contributed by atoms with Gasteiger partial charge in [-0.2, -0.15) is 0 Å². The van der Waals surface area contributed by atoms with Gasteiger partial charge in [0.15, 0.2) is 0 Å². The van der Waals surface area contributed by atoms with Crippen LogP contribution in [0.4, 0.5) is 0 Å². The van der Waals surface area contributed by atoms with Crippen LogP contribution in [0.25, 0.3) is 0 Å². The van der Waals surface area contributed by atoms with Gasteiger partial charge in [-0.1, -0.05) is 11.6 Å². The summed E-state index contributed by atoms with van der Waals surface area (Å²) in [4.78, 5) is 7.71. The van der Waals surface area contributed by atoms with Crippen LogP contribution in [-0.2, 0) is 0 Å². The maximum absolute atomic E-state index is 5.72. The van der Waals surface area contributed by atoms with Gasteiger partial charge >= 0.3 is 0 Å². The van der Waals surface area contributed by atoms with Gasteiger partial charge in [0, 0.05) is 4.01 Å². The zero-order valence-electron chi connectivity index (χ0n) is 4.71. The first-order valence-corrected chi connectivity index (χ1v) is 5.02. The minimum atomic E-state index is -0.316. The van der Waals surface area contributed by atoms with E-state index in [-0.39, 0.29) is 21.1 Å². The van der Waals surface area contributed by atoms with E-state index in [0.717, 1.165) is 5.56 Å². The fraction of sp³-hybridized carbons (Fsp3) is 0. The minimum absolute atomic E-state index is 0.316. The van der Waals surface area contributed by atoms with Gasteiger partial charge in [0.1, 0.15) is 32.6 Å². The Morgan fingerprint density at radius 2 is 2.40 bits per heavy atom. The van der Waals surface area contributed by atoms with E-state index >= 15 is 0 Å². The molecular formula is C5H2ClIN2O. The van der Waals surface area contributed by atoms with Gasteiger partial charge < -0.3 is 3.07 Å². The summed E-state index contributed by atoms with van der Waals surface area (Å²) in [5.74, 6) is 0.632. The molecule has 3 nitrogen and oxygen atoms in total. The molecule has 0 unspecified atom stereocenters. The van der Waals surface area contributed by atoms with Crippen LogP contribution in [0.3, 0.4) is 0 Å². The topological polar surface area (TPSA) is 35.0 Å². The molecule has 2 rings (SSSR count). The van der Waals surface area contributed by atoms with Crippen molar-refractivity contribution in [3.05, 3.63) is 17.0 Å². The summed E-state index contributed by atoms with van der Waals surface area (Å²) >= 11 is 5.41. The van der Waals surface area contributed by atoms with E-state index in [2.05, 4.69) is 9.97 Å². The Hall–Kier alpha value is -0.230. The third-order valence-electron chi connectivity index (χ3n) is 1.07. The van der Waals surface area contributed by atoms with Gasteiger partial charge in [-0.3, -0.25) is 0 Å². The summed E-state index contributed by atoms with van der Waals surface area (Å²) in [6.07, 6.45) is 1.41. The highest BCUT2D eigenvalue weighted by Gasteiger charge is 2.12. The predicted molar refractivity (Wildman–Crippen MR) is 46.9 cm³/mol. The molecule has 1 aliphatic rings. The third-order valence-corrected chi connectivity index (χ3v) is 2.92. The maximum Gasteiger partial charge on any atom is 0.236 e. The van der Waals surface area contributed by atoms with Crippen molar-refractivity contribution in [1.29, 1.82) is 0 Å². The van der Waals surface area contributed by atoms with E-state index in [1.54, 1.807) is 0 Å². The summed E-state index contributed by atoms with van der Waals surface area (Å²) < 4.78 is 7.17. The summed E-state index contributed by atoms with van der Waals surface area (Å²) in [7, 11) is 0. The summed E-state index contributed by atoms with van der Waals surface area (Å²) in [5.41, 5.74) is 0.858. The Labute approximate surface area is 72.7 Å². The van der Waals surface area contributed by atoms with E-state index < -0.39 is 0 Å². The Morgan fingerprint density at radius 1 is 1.50 bits per heavy atom. The second-order valence-electron chi connectivity index (χ2n) is 1.66. The lowest BCUT2D eigenvalue weighted by Crippen LogP contribution is -1.87. The molecule has 5 heteroatoms. The van der Waals surface area contributed by atoms with Crippen LogP contribution >= 0.6 is 32.7 Å². The number of rotatable bonds is 0. The molecule has 0 fully saturated rings. The van der Waals surface area contributed by atoms with E-state index in [0.29, 0.717) is 11.0 Å². The van der Waals surface area contributed by atoms with E-state index in [1.165, 1.54) is 6.33 Å². The first-order valence-electron chi connectivity index (χ1n) is 2.52. The smallest absolute Gasteiger partial charge is 0.236 e. The highest BCUT2D eigenvalue weighted by Crippen LogP contribution is 2.28. The average molecular weight is 268 g/mol. The molecule has 1 aliphatic heterocycles. The largest absolute Gasteiger partial charge is 0.416 e. The molecule has 0 aliphatic carbocycles. The maximum atomic E-state index is 5.72. The molecule has 10 heavy (non-hydrogen) atoms. The predicted octanol–water partition coefficient (Wildman–Crippen LogP) is 1.56. The second-order valence-corrected chi connectivity index (χ2v) is 3.59. The molecule has 1 aromatic heterocycles. The van der Waals surface area contributed by atoms with Crippen molar-refractivity contribution in [2.75, 3.05) is 0 Å². The van der Waals surface area contributed by atoms with Crippen molar-refractivity contribution in [3.63, 3.8) is 0 Å². The van der Waals surface area contributed by atoms with Gasteiger partial charge in [0.2, 0.25) is 5.88 Å². The van der Waals surface area contributed by atoms with Crippen LogP contribution in [0.1, 0.15) is 5.56 Å². The molecule has 0 saturated carbocycles. The van der Waals surface area contributed by atoms with Crippen molar-refractivity contribution in [2.24, 2.45) is 0 Å². The van der Waals surface area contributed by atoms with Crippen LogP contribution in [-0.4, -0.2) is 14.0 Å². The fourth-order valence-electron chi connectivity index (χ4n) is 0.621. The van der Waals surface area contributed by atoms with Gasteiger partial charge in [0.25, 0.3) is 0 Å². The Morgan fingerprint density at radius 3 is 3.20 bits per heavy atom. The monoisotopic (exact) mass is 268 g/mol. The second kappa shape index (κ2) is 2.43. The number of hydrogen-bond acceptors (Lipinski definition) is 3. The zero-order valence-corrected chi connectivity index (χ0v) is 7.63. The number of fused-ring (bicyclic) bond motifs is 1. The van der Waals surface area contributed by atoms with Crippen molar-refractivity contribution in [1.82, 2.24) is 9.97 Å². The number of aromatic nitrogens is 2. The summed E-state index contributed by atoms with van der Waals surface area (Å²) in [6, 6.07) is 0. The van der Waals surface area contributed by atoms with Crippen LogP contribution < -0.4 is 3.07 Å². The Kier molecular flexibility index (Phi) is 1.57. The van der Waals surface area contributed by atoms with Gasteiger partial charge in [-0.25, -0.2) is 9.97 Å². The van der Waals surface area contributed by atoms with E-state index in [1.807, 2.05) is 4.01 Å². The van der Waals surface area contributed by atoms with Crippen molar-refractivity contribution in [2.45, 2.75) is 0 Å². The van der Waals surface area contributed by atoms with Gasteiger partial charge in [-0.05, 0) is 0 Å². The lowest BCUT2D eigenvalue weighted by Gasteiger charge is -1.94. The molecule has 52 valence electrons. The summed E-state index contributed by atoms with van der Waals surface area (Å²) in [6.45, 7) is 0. The van der Waals surface area contributed by atoms with E-state index in [9.17, 15) is 0 Å². The summed E-state index contributed by atoms with van der Waals surface area (Å²) in [5, 5.41) is 0.488. The lowest BCUT2D eigenvalue weighted by atomic mass is 10.4. The normalized spacial score (nSPS) is 13.7. The molecule has 1 aromatic rings. The third kappa shape index (κ3) is 0.911. The first kappa shape index (κ1) is 6.48. The van der Waals surface area contributed by atoms with Crippen LogP contribution in [0.2, 0.25) is 5.15 Å². The number of hydrogen-bond donors (Lipinski definition) is 0.